The molecule has 2 rings (SSSR count). The predicted octanol–water partition coefficient (Wildman–Crippen LogP) is 3.96. The molecule has 2 aromatic rings. The summed E-state index contributed by atoms with van der Waals surface area (Å²) < 4.78 is 10.9. The Morgan fingerprint density at radius 3 is 2.08 bits per heavy atom. The number of benzene rings is 2. The van der Waals surface area contributed by atoms with Crippen LogP contribution in [-0.4, -0.2) is 19.1 Å². The van der Waals surface area contributed by atoms with E-state index in [2.05, 4.69) is 11.4 Å². The Balaban J connectivity index is 1.97. The second-order valence-electron chi connectivity index (χ2n) is 6.09. The minimum atomic E-state index is -0.563. The van der Waals surface area contributed by atoms with E-state index < -0.39 is 6.10 Å². The Morgan fingerprint density at radius 2 is 1.54 bits per heavy atom. The molecule has 0 spiro atoms. The van der Waals surface area contributed by atoms with Crippen molar-refractivity contribution < 1.29 is 14.3 Å². The molecule has 1 amide bonds. The quantitative estimate of drug-likeness (QED) is 0.874. The summed E-state index contributed by atoms with van der Waals surface area (Å²) in [4.78, 5) is 12.4. The van der Waals surface area contributed by atoms with E-state index in [4.69, 9.17) is 9.47 Å². The minimum absolute atomic E-state index is 0.103. The molecule has 0 saturated heterocycles. The van der Waals surface area contributed by atoms with Gasteiger partial charge in [0, 0.05) is 0 Å². The van der Waals surface area contributed by atoms with Crippen molar-refractivity contribution in [1.82, 2.24) is 5.32 Å². The van der Waals surface area contributed by atoms with E-state index in [0.717, 1.165) is 22.4 Å². The average Bonchev–Trinajstić information content (AvgIpc) is 2.53. The fourth-order valence-electron chi connectivity index (χ4n) is 2.57. The van der Waals surface area contributed by atoms with Crippen LogP contribution in [-0.2, 0) is 4.79 Å². The first kappa shape index (κ1) is 17.9. The summed E-state index contributed by atoms with van der Waals surface area (Å²) in [5.41, 5.74) is 3.25. The number of methoxy groups -OCH3 is 1. The number of carbonyl (C=O) groups excluding carboxylic acids is 1. The highest BCUT2D eigenvalue weighted by atomic mass is 16.5. The smallest absolute Gasteiger partial charge is 0.261 e. The van der Waals surface area contributed by atoms with Crippen LogP contribution in [0.15, 0.2) is 42.5 Å². The van der Waals surface area contributed by atoms with Crippen LogP contribution < -0.4 is 14.8 Å². The third kappa shape index (κ3) is 4.75. The van der Waals surface area contributed by atoms with E-state index in [1.165, 1.54) is 0 Å². The molecule has 4 nitrogen and oxygen atoms in total. The lowest BCUT2D eigenvalue weighted by molar-refractivity contribution is -0.127. The SMILES string of the molecule is COc1ccc([C@@H](C)NC(=O)[C@@H](C)Oc2cc(C)cc(C)c2)cc1. The summed E-state index contributed by atoms with van der Waals surface area (Å²) >= 11 is 0. The maximum atomic E-state index is 12.4. The fraction of sp³-hybridized carbons (Fsp3) is 0.350. The maximum absolute atomic E-state index is 12.4. The lowest BCUT2D eigenvalue weighted by Gasteiger charge is -2.19. The molecular formula is C20H25NO3. The van der Waals surface area contributed by atoms with Gasteiger partial charge in [-0.3, -0.25) is 4.79 Å². The fourth-order valence-corrected chi connectivity index (χ4v) is 2.57. The summed E-state index contributed by atoms with van der Waals surface area (Å²) in [5.74, 6) is 1.37. The Labute approximate surface area is 143 Å². The molecule has 128 valence electrons. The van der Waals surface area contributed by atoms with Gasteiger partial charge in [0.15, 0.2) is 6.10 Å². The van der Waals surface area contributed by atoms with E-state index in [0.29, 0.717) is 5.75 Å². The number of ether oxygens (including phenoxy) is 2. The summed E-state index contributed by atoms with van der Waals surface area (Å²) in [6.45, 7) is 7.73. The van der Waals surface area contributed by atoms with Crippen LogP contribution in [0.4, 0.5) is 0 Å². The molecular weight excluding hydrogens is 302 g/mol. The second kappa shape index (κ2) is 7.86. The van der Waals surface area contributed by atoms with Crippen molar-refractivity contribution in [3.8, 4) is 11.5 Å². The molecule has 0 aliphatic heterocycles. The number of hydrogen-bond donors (Lipinski definition) is 1. The molecule has 0 aromatic heterocycles. The van der Waals surface area contributed by atoms with Gasteiger partial charge in [0.2, 0.25) is 0 Å². The first-order valence-corrected chi connectivity index (χ1v) is 8.08. The lowest BCUT2D eigenvalue weighted by atomic mass is 10.1. The van der Waals surface area contributed by atoms with Crippen LogP contribution in [0.25, 0.3) is 0 Å². The molecule has 0 unspecified atom stereocenters. The molecule has 0 heterocycles. The lowest BCUT2D eigenvalue weighted by Crippen LogP contribution is -2.37. The van der Waals surface area contributed by atoms with Crippen molar-refractivity contribution in [3.63, 3.8) is 0 Å². The van der Waals surface area contributed by atoms with Crippen molar-refractivity contribution in [1.29, 1.82) is 0 Å². The molecule has 2 atom stereocenters. The Kier molecular flexibility index (Phi) is 5.85. The number of rotatable bonds is 6. The number of aryl methyl sites for hydroxylation is 2. The molecule has 24 heavy (non-hydrogen) atoms. The van der Waals surface area contributed by atoms with Gasteiger partial charge in [-0.1, -0.05) is 18.2 Å². The van der Waals surface area contributed by atoms with Crippen molar-refractivity contribution >= 4 is 5.91 Å². The van der Waals surface area contributed by atoms with E-state index in [9.17, 15) is 4.79 Å². The van der Waals surface area contributed by atoms with Gasteiger partial charge in [-0.15, -0.1) is 0 Å². The number of amides is 1. The zero-order chi connectivity index (χ0) is 17.7. The van der Waals surface area contributed by atoms with Crippen LogP contribution >= 0.6 is 0 Å². The van der Waals surface area contributed by atoms with E-state index in [1.807, 2.05) is 57.2 Å². The predicted molar refractivity (Wildman–Crippen MR) is 95.6 cm³/mol. The first-order chi connectivity index (χ1) is 11.4. The largest absolute Gasteiger partial charge is 0.497 e. The topological polar surface area (TPSA) is 47.6 Å². The third-order valence-corrected chi connectivity index (χ3v) is 3.85. The van der Waals surface area contributed by atoms with E-state index >= 15 is 0 Å². The van der Waals surface area contributed by atoms with Crippen molar-refractivity contribution in [2.75, 3.05) is 7.11 Å². The summed E-state index contributed by atoms with van der Waals surface area (Å²) in [5, 5.41) is 2.98. The van der Waals surface area contributed by atoms with Crippen LogP contribution in [0.2, 0.25) is 0 Å². The van der Waals surface area contributed by atoms with Gasteiger partial charge in [0.1, 0.15) is 11.5 Å². The maximum Gasteiger partial charge on any atom is 0.261 e. The zero-order valence-electron chi connectivity index (χ0n) is 14.9. The molecule has 1 N–H and O–H groups in total. The Morgan fingerprint density at radius 1 is 0.958 bits per heavy atom. The van der Waals surface area contributed by atoms with Crippen LogP contribution in [0, 0.1) is 13.8 Å². The molecule has 0 bridgehead atoms. The second-order valence-corrected chi connectivity index (χ2v) is 6.09. The number of carbonyl (C=O) groups is 1. The first-order valence-electron chi connectivity index (χ1n) is 8.08. The highest BCUT2D eigenvalue weighted by molar-refractivity contribution is 5.81. The summed E-state index contributed by atoms with van der Waals surface area (Å²) in [6.07, 6.45) is -0.563. The highest BCUT2D eigenvalue weighted by Crippen LogP contribution is 2.19. The highest BCUT2D eigenvalue weighted by Gasteiger charge is 2.18. The Bertz CT molecular complexity index is 674. The number of nitrogens with one attached hydrogen (secondary N) is 1. The normalized spacial score (nSPS) is 13.0. The minimum Gasteiger partial charge on any atom is -0.497 e. The molecule has 0 fully saturated rings. The van der Waals surface area contributed by atoms with Crippen molar-refractivity contribution in [2.24, 2.45) is 0 Å². The Hall–Kier alpha value is -2.49. The van der Waals surface area contributed by atoms with E-state index in [-0.39, 0.29) is 11.9 Å². The van der Waals surface area contributed by atoms with Crippen LogP contribution in [0.1, 0.15) is 36.6 Å². The van der Waals surface area contributed by atoms with Gasteiger partial charge in [-0.05, 0) is 68.7 Å². The van der Waals surface area contributed by atoms with Crippen LogP contribution in [0.3, 0.4) is 0 Å². The standard InChI is InChI=1S/C20H25NO3/c1-13-10-14(2)12-19(11-13)24-16(4)20(22)21-15(3)17-6-8-18(23-5)9-7-17/h6-12,15-16H,1-5H3,(H,21,22)/t15-,16-/m1/s1. The summed E-state index contributed by atoms with van der Waals surface area (Å²) in [6, 6.07) is 13.5. The van der Waals surface area contributed by atoms with E-state index in [1.54, 1.807) is 14.0 Å². The summed E-state index contributed by atoms with van der Waals surface area (Å²) in [7, 11) is 1.63. The molecule has 0 saturated carbocycles. The third-order valence-electron chi connectivity index (χ3n) is 3.85. The monoisotopic (exact) mass is 327 g/mol. The molecule has 4 heteroatoms. The van der Waals surface area contributed by atoms with Gasteiger partial charge in [0.05, 0.1) is 13.2 Å². The van der Waals surface area contributed by atoms with Crippen LogP contribution in [0.5, 0.6) is 11.5 Å². The van der Waals surface area contributed by atoms with Gasteiger partial charge in [0.25, 0.3) is 5.91 Å². The molecule has 0 aliphatic carbocycles. The molecule has 0 radical (unpaired) electrons. The van der Waals surface area contributed by atoms with Gasteiger partial charge in [-0.25, -0.2) is 0 Å². The van der Waals surface area contributed by atoms with Crippen molar-refractivity contribution in [3.05, 3.63) is 59.2 Å². The van der Waals surface area contributed by atoms with Gasteiger partial charge < -0.3 is 14.8 Å². The van der Waals surface area contributed by atoms with Crippen molar-refractivity contribution in [2.45, 2.75) is 39.8 Å². The molecule has 2 aromatic carbocycles. The number of hydrogen-bond acceptors (Lipinski definition) is 3. The average molecular weight is 327 g/mol. The molecule has 0 aliphatic rings. The zero-order valence-corrected chi connectivity index (χ0v) is 14.9. The van der Waals surface area contributed by atoms with Gasteiger partial charge >= 0.3 is 0 Å². The van der Waals surface area contributed by atoms with Gasteiger partial charge in [-0.2, -0.15) is 0 Å².